The van der Waals surface area contributed by atoms with Crippen molar-refractivity contribution < 1.29 is 4.79 Å². The maximum atomic E-state index is 11.2. The monoisotopic (exact) mass is 174 g/mol. The van der Waals surface area contributed by atoms with E-state index in [-0.39, 0.29) is 11.2 Å². The molecule has 0 fully saturated rings. The molecule has 2 rings (SSSR count). The molecule has 0 radical (unpaired) electrons. The van der Waals surface area contributed by atoms with E-state index >= 15 is 0 Å². The van der Waals surface area contributed by atoms with Gasteiger partial charge in [0.1, 0.15) is 0 Å². The van der Waals surface area contributed by atoms with Crippen molar-refractivity contribution in [2.75, 3.05) is 0 Å². The van der Waals surface area contributed by atoms with Crippen LogP contribution in [0.3, 0.4) is 0 Å². The van der Waals surface area contributed by atoms with E-state index in [1.54, 1.807) is 6.08 Å². The van der Waals surface area contributed by atoms with Crippen molar-refractivity contribution in [2.45, 2.75) is 26.2 Å². The SMILES string of the molecule is CC1=CC2(C=CC1=O)CC=CCC2. The molecule has 2 aliphatic carbocycles. The smallest absolute Gasteiger partial charge is 0.180 e. The fraction of sp³-hybridized carbons (Fsp3) is 0.417. The van der Waals surface area contributed by atoms with Crippen LogP contribution in [0, 0.1) is 5.41 Å². The molecule has 1 atom stereocenters. The van der Waals surface area contributed by atoms with Gasteiger partial charge in [-0.1, -0.05) is 24.3 Å². The summed E-state index contributed by atoms with van der Waals surface area (Å²) in [6, 6.07) is 0. The fourth-order valence-electron chi connectivity index (χ4n) is 2.08. The summed E-state index contributed by atoms with van der Waals surface area (Å²) >= 11 is 0. The lowest BCUT2D eigenvalue weighted by atomic mass is 9.73. The Kier molecular flexibility index (Phi) is 1.95. The number of ketones is 1. The maximum Gasteiger partial charge on any atom is 0.180 e. The topological polar surface area (TPSA) is 17.1 Å². The summed E-state index contributed by atoms with van der Waals surface area (Å²) in [6.45, 7) is 1.91. The van der Waals surface area contributed by atoms with Gasteiger partial charge in [0.2, 0.25) is 0 Å². The Morgan fingerprint density at radius 3 is 2.85 bits per heavy atom. The zero-order chi connectivity index (χ0) is 9.31. The van der Waals surface area contributed by atoms with Gasteiger partial charge in [-0.05, 0) is 37.8 Å². The van der Waals surface area contributed by atoms with E-state index in [4.69, 9.17) is 0 Å². The first-order valence-corrected chi connectivity index (χ1v) is 4.80. The molecule has 0 aromatic rings. The average molecular weight is 174 g/mol. The zero-order valence-corrected chi connectivity index (χ0v) is 7.92. The van der Waals surface area contributed by atoms with Crippen molar-refractivity contribution in [2.24, 2.45) is 5.41 Å². The Balaban J connectivity index is 2.30. The molecular weight excluding hydrogens is 160 g/mol. The lowest BCUT2D eigenvalue weighted by Gasteiger charge is -2.31. The van der Waals surface area contributed by atoms with Gasteiger partial charge >= 0.3 is 0 Å². The van der Waals surface area contributed by atoms with E-state index in [9.17, 15) is 4.79 Å². The molecule has 1 spiro atoms. The Morgan fingerprint density at radius 1 is 1.38 bits per heavy atom. The number of carbonyl (C=O) groups is 1. The lowest BCUT2D eigenvalue weighted by molar-refractivity contribution is -0.111. The van der Waals surface area contributed by atoms with Crippen LogP contribution in [0.15, 0.2) is 36.0 Å². The summed E-state index contributed by atoms with van der Waals surface area (Å²) in [7, 11) is 0. The van der Waals surface area contributed by atoms with Crippen LogP contribution in [0.2, 0.25) is 0 Å². The van der Waals surface area contributed by atoms with E-state index in [1.165, 1.54) is 0 Å². The predicted molar refractivity (Wildman–Crippen MR) is 53.3 cm³/mol. The van der Waals surface area contributed by atoms with Crippen molar-refractivity contribution in [3.8, 4) is 0 Å². The van der Waals surface area contributed by atoms with Crippen LogP contribution in [0.25, 0.3) is 0 Å². The first kappa shape index (κ1) is 8.49. The van der Waals surface area contributed by atoms with Gasteiger partial charge in [0, 0.05) is 5.41 Å². The van der Waals surface area contributed by atoms with Crippen LogP contribution in [-0.4, -0.2) is 5.78 Å². The Bertz CT molecular complexity index is 320. The molecule has 1 nitrogen and oxygen atoms in total. The van der Waals surface area contributed by atoms with Crippen molar-refractivity contribution in [3.63, 3.8) is 0 Å². The maximum absolute atomic E-state index is 11.2. The highest BCUT2D eigenvalue weighted by Gasteiger charge is 2.28. The molecule has 1 heteroatoms. The number of allylic oxidation sites excluding steroid dienone is 6. The summed E-state index contributed by atoms with van der Waals surface area (Å²) in [5, 5.41) is 0. The van der Waals surface area contributed by atoms with E-state index < -0.39 is 0 Å². The molecular formula is C12H14O. The van der Waals surface area contributed by atoms with E-state index in [0.29, 0.717) is 0 Å². The highest BCUT2D eigenvalue weighted by Crippen LogP contribution is 2.38. The van der Waals surface area contributed by atoms with Gasteiger partial charge in [0.25, 0.3) is 0 Å². The first-order valence-electron chi connectivity index (χ1n) is 4.80. The minimum Gasteiger partial charge on any atom is -0.290 e. The van der Waals surface area contributed by atoms with Crippen LogP contribution < -0.4 is 0 Å². The summed E-state index contributed by atoms with van der Waals surface area (Å²) in [4.78, 5) is 11.2. The summed E-state index contributed by atoms with van der Waals surface area (Å²) in [6.07, 6.45) is 13.7. The molecule has 0 heterocycles. The van der Waals surface area contributed by atoms with Crippen LogP contribution >= 0.6 is 0 Å². The Morgan fingerprint density at radius 2 is 2.23 bits per heavy atom. The Labute approximate surface area is 78.8 Å². The third-order valence-corrected chi connectivity index (χ3v) is 2.90. The van der Waals surface area contributed by atoms with Crippen LogP contribution in [0.1, 0.15) is 26.2 Å². The molecule has 13 heavy (non-hydrogen) atoms. The second-order valence-corrected chi connectivity index (χ2v) is 3.97. The van der Waals surface area contributed by atoms with E-state index in [1.807, 2.05) is 6.92 Å². The second kappa shape index (κ2) is 2.99. The normalized spacial score (nSPS) is 32.4. The minimum absolute atomic E-state index is 0.159. The number of rotatable bonds is 0. The average Bonchev–Trinajstić information content (AvgIpc) is 2.14. The molecule has 0 aliphatic heterocycles. The van der Waals surface area contributed by atoms with Gasteiger partial charge < -0.3 is 0 Å². The van der Waals surface area contributed by atoms with Crippen LogP contribution in [-0.2, 0) is 4.79 Å². The molecule has 2 aliphatic rings. The summed E-state index contributed by atoms with van der Waals surface area (Å²) < 4.78 is 0. The molecule has 0 amide bonds. The van der Waals surface area contributed by atoms with Crippen molar-refractivity contribution in [3.05, 3.63) is 36.0 Å². The van der Waals surface area contributed by atoms with Gasteiger partial charge in [-0.3, -0.25) is 4.79 Å². The standard InChI is InChI=1S/C12H14O/c1-10-9-12(8-5-11(10)13)6-3-2-4-7-12/h2-3,5,8-9H,4,6-7H2,1H3. The van der Waals surface area contributed by atoms with Gasteiger partial charge in [-0.15, -0.1) is 0 Å². The van der Waals surface area contributed by atoms with Crippen LogP contribution in [0.5, 0.6) is 0 Å². The highest BCUT2D eigenvalue weighted by atomic mass is 16.1. The zero-order valence-electron chi connectivity index (χ0n) is 7.92. The summed E-state index contributed by atoms with van der Waals surface area (Å²) in [5.74, 6) is 0.167. The van der Waals surface area contributed by atoms with Crippen molar-refractivity contribution >= 4 is 5.78 Å². The lowest BCUT2D eigenvalue weighted by Crippen LogP contribution is -2.21. The minimum atomic E-state index is 0.159. The molecule has 1 unspecified atom stereocenters. The quantitative estimate of drug-likeness (QED) is 0.516. The summed E-state index contributed by atoms with van der Waals surface area (Å²) in [5.41, 5.74) is 1.06. The second-order valence-electron chi connectivity index (χ2n) is 3.97. The fourth-order valence-corrected chi connectivity index (χ4v) is 2.08. The van der Waals surface area contributed by atoms with E-state index in [2.05, 4.69) is 24.3 Å². The van der Waals surface area contributed by atoms with Gasteiger partial charge in [0.05, 0.1) is 0 Å². The molecule has 0 saturated carbocycles. The highest BCUT2D eigenvalue weighted by molar-refractivity contribution is 6.04. The molecule has 0 aromatic carbocycles. The number of hydrogen-bond donors (Lipinski definition) is 0. The first-order chi connectivity index (χ1) is 6.22. The molecule has 0 aromatic heterocycles. The van der Waals surface area contributed by atoms with Gasteiger partial charge in [-0.25, -0.2) is 0 Å². The number of hydrogen-bond acceptors (Lipinski definition) is 1. The largest absolute Gasteiger partial charge is 0.290 e. The number of carbonyl (C=O) groups excluding carboxylic acids is 1. The third kappa shape index (κ3) is 1.51. The van der Waals surface area contributed by atoms with Gasteiger partial charge in [0.15, 0.2) is 5.78 Å². The third-order valence-electron chi connectivity index (χ3n) is 2.90. The Hall–Kier alpha value is -1.11. The van der Waals surface area contributed by atoms with Crippen molar-refractivity contribution in [1.29, 1.82) is 0 Å². The van der Waals surface area contributed by atoms with Crippen molar-refractivity contribution in [1.82, 2.24) is 0 Å². The van der Waals surface area contributed by atoms with Gasteiger partial charge in [-0.2, -0.15) is 0 Å². The molecule has 0 N–H and O–H groups in total. The molecule has 0 saturated heterocycles. The predicted octanol–water partition coefficient (Wildman–Crippen LogP) is 2.80. The molecule has 0 bridgehead atoms. The molecule has 68 valence electrons. The van der Waals surface area contributed by atoms with E-state index in [0.717, 1.165) is 24.8 Å². The van der Waals surface area contributed by atoms with Crippen LogP contribution in [0.4, 0.5) is 0 Å².